The second-order valence-corrected chi connectivity index (χ2v) is 6.42. The van der Waals surface area contributed by atoms with E-state index in [1.54, 1.807) is 30.5 Å². The maximum atomic E-state index is 12.8. The van der Waals surface area contributed by atoms with Gasteiger partial charge in [-0.3, -0.25) is 14.5 Å². The molecule has 7 heteroatoms. The lowest BCUT2D eigenvalue weighted by Gasteiger charge is -2.23. The van der Waals surface area contributed by atoms with E-state index < -0.39 is 23.8 Å². The predicted octanol–water partition coefficient (Wildman–Crippen LogP) is 2.02. The first kappa shape index (κ1) is 17.0. The number of hydrogen-bond acceptors (Lipinski definition) is 5. The molecular weight excluding hydrogens is 346 g/mol. The van der Waals surface area contributed by atoms with Crippen molar-refractivity contribution in [2.24, 2.45) is 0 Å². The van der Waals surface area contributed by atoms with Crippen LogP contribution in [-0.4, -0.2) is 45.2 Å². The first-order chi connectivity index (χ1) is 13.0. The van der Waals surface area contributed by atoms with Crippen molar-refractivity contribution in [1.82, 2.24) is 14.3 Å². The van der Waals surface area contributed by atoms with Gasteiger partial charge in [0.2, 0.25) is 0 Å². The van der Waals surface area contributed by atoms with Crippen LogP contribution in [0.3, 0.4) is 0 Å². The number of aromatic nitrogens is 2. The summed E-state index contributed by atoms with van der Waals surface area (Å²) >= 11 is 0. The molecule has 2 amide bonds. The van der Waals surface area contributed by atoms with E-state index in [-0.39, 0.29) is 6.42 Å². The number of nitrogens with zero attached hydrogens (tertiary/aromatic N) is 3. The summed E-state index contributed by atoms with van der Waals surface area (Å²) in [6.45, 7) is 1.94. The van der Waals surface area contributed by atoms with Gasteiger partial charge in [0, 0.05) is 18.8 Å². The highest BCUT2D eigenvalue weighted by Crippen LogP contribution is 2.26. The van der Waals surface area contributed by atoms with Gasteiger partial charge in [0.25, 0.3) is 11.8 Å². The monoisotopic (exact) mass is 363 g/mol. The summed E-state index contributed by atoms with van der Waals surface area (Å²) in [4.78, 5) is 43.5. The Kier molecular flexibility index (Phi) is 3.99. The molecular formula is C20H17N3O4. The van der Waals surface area contributed by atoms with Crippen molar-refractivity contribution in [3.05, 3.63) is 71.2 Å². The van der Waals surface area contributed by atoms with Gasteiger partial charge in [-0.2, -0.15) is 0 Å². The van der Waals surface area contributed by atoms with E-state index in [1.165, 1.54) is 7.11 Å². The van der Waals surface area contributed by atoms with Gasteiger partial charge in [-0.05, 0) is 30.7 Å². The lowest BCUT2D eigenvalue weighted by Crippen LogP contribution is -2.46. The zero-order valence-corrected chi connectivity index (χ0v) is 14.9. The van der Waals surface area contributed by atoms with Crippen molar-refractivity contribution in [1.29, 1.82) is 0 Å². The number of fused-ring (bicyclic) bond motifs is 2. The fraction of sp³-hybridized carbons (Fsp3) is 0.200. The summed E-state index contributed by atoms with van der Waals surface area (Å²) in [5.74, 6) is -1.64. The summed E-state index contributed by atoms with van der Waals surface area (Å²) in [5, 5.41) is 0. The van der Waals surface area contributed by atoms with Crippen LogP contribution >= 0.6 is 0 Å². The Morgan fingerprint density at radius 1 is 1.11 bits per heavy atom. The van der Waals surface area contributed by atoms with E-state index in [4.69, 9.17) is 4.74 Å². The summed E-state index contributed by atoms with van der Waals surface area (Å²) in [5.41, 5.74) is 2.93. The third kappa shape index (κ3) is 2.68. The van der Waals surface area contributed by atoms with Gasteiger partial charge in [-0.25, -0.2) is 9.78 Å². The summed E-state index contributed by atoms with van der Waals surface area (Å²) < 4.78 is 6.72. The van der Waals surface area contributed by atoms with E-state index in [2.05, 4.69) is 4.98 Å². The molecule has 1 aliphatic rings. The molecule has 0 unspecified atom stereocenters. The van der Waals surface area contributed by atoms with E-state index >= 15 is 0 Å². The zero-order chi connectivity index (χ0) is 19.1. The maximum absolute atomic E-state index is 12.8. The molecule has 0 bridgehead atoms. The van der Waals surface area contributed by atoms with Crippen LogP contribution < -0.4 is 0 Å². The number of methoxy groups -OCH3 is 1. The van der Waals surface area contributed by atoms with Gasteiger partial charge in [-0.15, -0.1) is 0 Å². The molecule has 7 nitrogen and oxygen atoms in total. The number of imide groups is 1. The average Bonchev–Trinajstić information content (AvgIpc) is 3.20. The number of esters is 1. The smallest absolute Gasteiger partial charge is 0.329 e. The first-order valence-electron chi connectivity index (χ1n) is 8.49. The van der Waals surface area contributed by atoms with Gasteiger partial charge in [0.1, 0.15) is 11.7 Å². The molecule has 136 valence electrons. The second-order valence-electron chi connectivity index (χ2n) is 6.42. The van der Waals surface area contributed by atoms with Crippen LogP contribution in [0.15, 0.2) is 48.8 Å². The molecule has 0 aliphatic carbocycles. The summed E-state index contributed by atoms with van der Waals surface area (Å²) in [6, 6.07) is 9.30. The van der Waals surface area contributed by atoms with Gasteiger partial charge < -0.3 is 9.14 Å². The standard InChI is InChI=1S/C20H17N3O4/c1-12-6-5-9-22-11-13(21-17(12)22)10-16(20(26)27-2)23-18(24)14-7-3-4-8-15(14)19(23)25/h3-9,11,16H,10H2,1-2H3/t16-/m1/s1. The fourth-order valence-corrected chi connectivity index (χ4v) is 3.41. The molecule has 2 aromatic heterocycles. The molecule has 0 radical (unpaired) electrons. The maximum Gasteiger partial charge on any atom is 0.329 e. The predicted molar refractivity (Wildman–Crippen MR) is 96.4 cm³/mol. The molecule has 0 fully saturated rings. The molecule has 27 heavy (non-hydrogen) atoms. The van der Waals surface area contributed by atoms with Gasteiger partial charge in [0.15, 0.2) is 0 Å². The van der Waals surface area contributed by atoms with Crippen LogP contribution in [0, 0.1) is 6.92 Å². The Morgan fingerprint density at radius 3 is 2.37 bits per heavy atom. The zero-order valence-electron chi connectivity index (χ0n) is 14.9. The normalized spacial score (nSPS) is 14.5. The molecule has 3 aromatic rings. The molecule has 1 atom stereocenters. The van der Waals surface area contributed by atoms with Crippen LogP contribution in [0.4, 0.5) is 0 Å². The molecule has 1 aliphatic heterocycles. The minimum absolute atomic E-state index is 0.0826. The summed E-state index contributed by atoms with van der Waals surface area (Å²) in [7, 11) is 1.24. The fourth-order valence-electron chi connectivity index (χ4n) is 3.41. The SMILES string of the molecule is COC(=O)[C@@H](Cc1cn2cccc(C)c2n1)N1C(=O)c2ccccc2C1=O. The number of amides is 2. The molecule has 4 rings (SSSR count). The van der Waals surface area contributed by atoms with Gasteiger partial charge in [0.05, 0.1) is 23.9 Å². The first-order valence-corrected chi connectivity index (χ1v) is 8.49. The Hall–Kier alpha value is -3.48. The van der Waals surface area contributed by atoms with Gasteiger partial charge >= 0.3 is 5.97 Å². The van der Waals surface area contributed by atoms with Crippen molar-refractivity contribution in [3.8, 4) is 0 Å². The lowest BCUT2D eigenvalue weighted by molar-refractivity contribution is -0.145. The molecule has 3 heterocycles. The third-order valence-electron chi connectivity index (χ3n) is 4.74. The Balaban J connectivity index is 1.72. The summed E-state index contributed by atoms with van der Waals surface area (Å²) in [6.07, 6.45) is 3.73. The Morgan fingerprint density at radius 2 is 1.78 bits per heavy atom. The topological polar surface area (TPSA) is 81.0 Å². The van der Waals surface area contributed by atoms with Crippen LogP contribution in [0.2, 0.25) is 0 Å². The molecule has 0 spiro atoms. The molecule has 0 saturated carbocycles. The highest BCUT2D eigenvalue weighted by molar-refractivity contribution is 6.22. The average molecular weight is 363 g/mol. The highest BCUT2D eigenvalue weighted by Gasteiger charge is 2.43. The molecule has 0 N–H and O–H groups in total. The van der Waals surface area contributed by atoms with Crippen LogP contribution in [0.5, 0.6) is 0 Å². The van der Waals surface area contributed by atoms with E-state index in [0.717, 1.165) is 16.1 Å². The minimum atomic E-state index is -1.08. The van der Waals surface area contributed by atoms with Crippen LogP contribution in [0.1, 0.15) is 32.0 Å². The number of carbonyl (C=O) groups is 3. The highest BCUT2D eigenvalue weighted by atomic mass is 16.5. The number of rotatable bonds is 4. The minimum Gasteiger partial charge on any atom is -0.467 e. The van der Waals surface area contributed by atoms with Crippen molar-refractivity contribution in [2.45, 2.75) is 19.4 Å². The van der Waals surface area contributed by atoms with Crippen LogP contribution in [0.25, 0.3) is 5.65 Å². The van der Waals surface area contributed by atoms with Gasteiger partial charge in [-0.1, -0.05) is 18.2 Å². The quantitative estimate of drug-likeness (QED) is 0.523. The number of imidazole rings is 1. The Labute approximate surface area is 155 Å². The number of pyridine rings is 1. The van der Waals surface area contributed by atoms with Crippen molar-refractivity contribution >= 4 is 23.4 Å². The third-order valence-corrected chi connectivity index (χ3v) is 4.74. The van der Waals surface area contributed by atoms with Crippen molar-refractivity contribution < 1.29 is 19.1 Å². The van der Waals surface area contributed by atoms with Crippen molar-refractivity contribution in [3.63, 3.8) is 0 Å². The molecule has 0 saturated heterocycles. The molecule has 1 aromatic carbocycles. The van der Waals surface area contributed by atoms with E-state index in [1.807, 2.05) is 29.7 Å². The number of carbonyl (C=O) groups excluding carboxylic acids is 3. The lowest BCUT2D eigenvalue weighted by atomic mass is 10.1. The van der Waals surface area contributed by atoms with Crippen molar-refractivity contribution in [2.75, 3.05) is 7.11 Å². The number of ether oxygens (including phenoxy) is 1. The van der Waals surface area contributed by atoms with E-state index in [0.29, 0.717) is 16.8 Å². The number of benzene rings is 1. The largest absolute Gasteiger partial charge is 0.467 e. The second kappa shape index (κ2) is 6.35. The van der Waals surface area contributed by atoms with Crippen LogP contribution in [-0.2, 0) is 16.0 Å². The van der Waals surface area contributed by atoms with E-state index in [9.17, 15) is 14.4 Å². The Bertz CT molecular complexity index is 1050. The number of aryl methyl sites for hydroxylation is 1. The number of hydrogen-bond donors (Lipinski definition) is 0.